The highest BCUT2D eigenvalue weighted by molar-refractivity contribution is 6.31. The zero-order valence-electron chi connectivity index (χ0n) is 13.2. The summed E-state index contributed by atoms with van der Waals surface area (Å²) in [7, 11) is 0. The van der Waals surface area contributed by atoms with Gasteiger partial charge in [-0.1, -0.05) is 29.8 Å². The molecule has 1 aromatic heterocycles. The van der Waals surface area contributed by atoms with Crippen molar-refractivity contribution in [2.75, 3.05) is 23.3 Å². The number of benzene rings is 1. The molecule has 1 fully saturated rings. The van der Waals surface area contributed by atoms with E-state index < -0.39 is 5.97 Å². The van der Waals surface area contributed by atoms with Gasteiger partial charge < -0.3 is 15.3 Å². The summed E-state index contributed by atoms with van der Waals surface area (Å²) in [6.45, 7) is 1.93. The molecule has 1 aliphatic rings. The van der Waals surface area contributed by atoms with Crippen LogP contribution in [0.4, 0.5) is 11.8 Å². The van der Waals surface area contributed by atoms with E-state index in [4.69, 9.17) is 16.7 Å². The van der Waals surface area contributed by atoms with Crippen LogP contribution in [0.25, 0.3) is 0 Å². The van der Waals surface area contributed by atoms with Gasteiger partial charge in [-0.25, -0.2) is 4.98 Å². The average Bonchev–Trinajstić information content (AvgIpc) is 2.61. The summed E-state index contributed by atoms with van der Waals surface area (Å²) < 4.78 is 0. The van der Waals surface area contributed by atoms with Crippen LogP contribution < -0.4 is 10.2 Å². The zero-order valence-corrected chi connectivity index (χ0v) is 13.9. The summed E-state index contributed by atoms with van der Waals surface area (Å²) in [5.41, 5.74) is 0.982. The Morgan fingerprint density at radius 2 is 2.04 bits per heavy atom. The first-order valence-corrected chi connectivity index (χ1v) is 8.29. The number of carboxylic acids is 1. The number of piperidine rings is 1. The largest absolute Gasteiger partial charge is 0.481 e. The molecule has 0 aliphatic carbocycles. The Morgan fingerprint density at radius 1 is 1.29 bits per heavy atom. The van der Waals surface area contributed by atoms with E-state index in [1.54, 1.807) is 6.20 Å². The number of rotatable bonds is 5. The van der Waals surface area contributed by atoms with Crippen molar-refractivity contribution >= 4 is 29.3 Å². The topological polar surface area (TPSA) is 78.3 Å². The molecule has 0 radical (unpaired) electrons. The Kier molecular flexibility index (Phi) is 5.15. The average molecular weight is 347 g/mol. The number of nitrogens with zero attached hydrogens (tertiary/aromatic N) is 3. The quantitative estimate of drug-likeness (QED) is 0.866. The monoisotopic (exact) mass is 346 g/mol. The second kappa shape index (κ2) is 7.49. The molecule has 3 rings (SSSR count). The number of carboxylic acid groups (broad SMARTS) is 1. The van der Waals surface area contributed by atoms with E-state index in [0.29, 0.717) is 43.4 Å². The normalized spacial score (nSPS) is 15.3. The Balaban J connectivity index is 1.62. The first-order chi connectivity index (χ1) is 11.6. The lowest BCUT2D eigenvalue weighted by molar-refractivity contribution is -0.142. The molecular weight excluding hydrogens is 328 g/mol. The zero-order chi connectivity index (χ0) is 16.9. The number of nitrogens with one attached hydrogen (secondary N) is 1. The number of aliphatic carboxylic acids is 1. The Morgan fingerprint density at radius 3 is 2.75 bits per heavy atom. The molecule has 126 valence electrons. The van der Waals surface area contributed by atoms with Crippen LogP contribution in [0, 0.1) is 5.92 Å². The number of carbonyl (C=O) groups is 1. The third kappa shape index (κ3) is 3.94. The van der Waals surface area contributed by atoms with Gasteiger partial charge in [-0.3, -0.25) is 4.79 Å². The number of hydrogen-bond donors (Lipinski definition) is 2. The predicted octanol–water partition coefficient (Wildman–Crippen LogP) is 3.04. The maximum absolute atomic E-state index is 11.0. The van der Waals surface area contributed by atoms with Crippen molar-refractivity contribution in [3.8, 4) is 0 Å². The summed E-state index contributed by atoms with van der Waals surface area (Å²) in [5, 5.41) is 13.0. The fourth-order valence-electron chi connectivity index (χ4n) is 2.78. The Labute approximate surface area is 145 Å². The Bertz CT molecular complexity index is 717. The molecule has 0 amide bonds. The minimum absolute atomic E-state index is 0.249. The molecule has 0 saturated carbocycles. The maximum Gasteiger partial charge on any atom is 0.306 e. The molecule has 0 atom stereocenters. The molecule has 7 heteroatoms. The lowest BCUT2D eigenvalue weighted by atomic mass is 9.97. The molecule has 1 aromatic carbocycles. The molecular formula is C17H19ClN4O2. The Hall–Kier alpha value is -2.34. The number of aromatic nitrogens is 2. The first-order valence-electron chi connectivity index (χ1n) is 7.91. The maximum atomic E-state index is 11.0. The van der Waals surface area contributed by atoms with Crippen LogP contribution in [-0.2, 0) is 11.3 Å². The molecule has 0 spiro atoms. The fourth-order valence-corrected chi connectivity index (χ4v) is 2.98. The van der Waals surface area contributed by atoms with Crippen molar-refractivity contribution in [1.82, 2.24) is 9.97 Å². The summed E-state index contributed by atoms with van der Waals surface area (Å²) >= 11 is 6.15. The van der Waals surface area contributed by atoms with Crippen molar-refractivity contribution in [2.45, 2.75) is 19.4 Å². The van der Waals surface area contributed by atoms with Crippen molar-refractivity contribution in [2.24, 2.45) is 5.92 Å². The molecule has 1 saturated heterocycles. The van der Waals surface area contributed by atoms with Gasteiger partial charge in [0.25, 0.3) is 0 Å². The van der Waals surface area contributed by atoms with Gasteiger partial charge in [-0.15, -0.1) is 0 Å². The highest BCUT2D eigenvalue weighted by atomic mass is 35.5. The third-order valence-electron chi connectivity index (χ3n) is 4.20. The van der Waals surface area contributed by atoms with Crippen molar-refractivity contribution < 1.29 is 9.90 Å². The van der Waals surface area contributed by atoms with Crippen LogP contribution in [-0.4, -0.2) is 34.1 Å². The van der Waals surface area contributed by atoms with Crippen molar-refractivity contribution in [1.29, 1.82) is 0 Å². The molecule has 2 aromatic rings. The molecule has 1 aliphatic heterocycles. The molecule has 0 bridgehead atoms. The van der Waals surface area contributed by atoms with Gasteiger partial charge in [0.15, 0.2) is 0 Å². The standard InChI is InChI=1S/C17H19ClN4O2/c18-14-4-2-1-3-13(14)11-20-17-19-8-5-15(21-17)22-9-6-12(7-10-22)16(23)24/h1-5,8,12H,6-7,9-11H2,(H,23,24)(H,19,20,21). The number of halogens is 1. The predicted molar refractivity (Wildman–Crippen MR) is 93.4 cm³/mol. The number of hydrogen-bond acceptors (Lipinski definition) is 5. The van der Waals surface area contributed by atoms with E-state index in [9.17, 15) is 4.79 Å². The van der Waals surface area contributed by atoms with E-state index >= 15 is 0 Å². The summed E-state index contributed by atoms with van der Waals surface area (Å²) in [4.78, 5) is 21.9. The van der Waals surface area contributed by atoms with Crippen molar-refractivity contribution in [3.63, 3.8) is 0 Å². The van der Waals surface area contributed by atoms with Gasteiger partial charge >= 0.3 is 5.97 Å². The van der Waals surface area contributed by atoms with Gasteiger partial charge in [-0.05, 0) is 30.5 Å². The van der Waals surface area contributed by atoms with E-state index in [1.807, 2.05) is 30.3 Å². The molecule has 2 heterocycles. The fraction of sp³-hybridized carbons (Fsp3) is 0.353. The van der Waals surface area contributed by atoms with Gasteiger partial charge in [0.2, 0.25) is 5.95 Å². The van der Waals surface area contributed by atoms with Gasteiger partial charge in [0.1, 0.15) is 5.82 Å². The van der Waals surface area contributed by atoms with E-state index in [1.165, 1.54) is 0 Å². The first kappa shape index (κ1) is 16.5. The van der Waals surface area contributed by atoms with Crippen LogP contribution >= 0.6 is 11.6 Å². The SMILES string of the molecule is O=C(O)C1CCN(c2ccnc(NCc3ccccc3Cl)n2)CC1. The van der Waals surface area contributed by atoms with Crippen LogP contribution in [0.5, 0.6) is 0 Å². The highest BCUT2D eigenvalue weighted by Gasteiger charge is 2.25. The van der Waals surface area contributed by atoms with Gasteiger partial charge in [0, 0.05) is 30.9 Å². The van der Waals surface area contributed by atoms with Crippen molar-refractivity contribution in [3.05, 3.63) is 47.1 Å². The lowest BCUT2D eigenvalue weighted by Gasteiger charge is -2.31. The second-order valence-corrected chi connectivity index (χ2v) is 6.19. The van der Waals surface area contributed by atoms with E-state index in [-0.39, 0.29) is 5.92 Å². The van der Waals surface area contributed by atoms with Crippen LogP contribution in [0.1, 0.15) is 18.4 Å². The molecule has 0 unspecified atom stereocenters. The summed E-state index contributed by atoms with van der Waals surface area (Å²) in [6, 6.07) is 9.48. The lowest BCUT2D eigenvalue weighted by Crippen LogP contribution is -2.36. The highest BCUT2D eigenvalue weighted by Crippen LogP contribution is 2.22. The summed E-state index contributed by atoms with van der Waals surface area (Å²) in [5.74, 6) is 0.392. The minimum Gasteiger partial charge on any atom is -0.481 e. The number of anilines is 2. The van der Waals surface area contributed by atoms with E-state index in [0.717, 1.165) is 11.4 Å². The molecule has 2 N–H and O–H groups in total. The van der Waals surface area contributed by atoms with Crippen LogP contribution in [0.2, 0.25) is 5.02 Å². The van der Waals surface area contributed by atoms with Crippen LogP contribution in [0.3, 0.4) is 0 Å². The van der Waals surface area contributed by atoms with Gasteiger partial charge in [0.05, 0.1) is 5.92 Å². The van der Waals surface area contributed by atoms with E-state index in [2.05, 4.69) is 20.2 Å². The second-order valence-electron chi connectivity index (χ2n) is 5.78. The minimum atomic E-state index is -0.709. The summed E-state index contributed by atoms with van der Waals surface area (Å²) in [6.07, 6.45) is 2.99. The molecule has 24 heavy (non-hydrogen) atoms. The molecule has 6 nitrogen and oxygen atoms in total. The third-order valence-corrected chi connectivity index (χ3v) is 4.57. The smallest absolute Gasteiger partial charge is 0.306 e. The van der Waals surface area contributed by atoms with Gasteiger partial charge in [-0.2, -0.15) is 4.98 Å². The van der Waals surface area contributed by atoms with Crippen LogP contribution in [0.15, 0.2) is 36.5 Å².